The summed E-state index contributed by atoms with van der Waals surface area (Å²) in [7, 11) is 3.36. The van der Waals surface area contributed by atoms with E-state index in [9.17, 15) is 0 Å². The number of halogens is 1. The van der Waals surface area contributed by atoms with E-state index in [-0.39, 0.29) is 27.4 Å². The summed E-state index contributed by atoms with van der Waals surface area (Å²) in [4.78, 5) is 0. The average Bonchev–Trinajstić information content (AvgIpc) is 2.71. The summed E-state index contributed by atoms with van der Waals surface area (Å²) in [6.07, 6.45) is 0. The molecule has 28 heavy (non-hydrogen) atoms. The molecule has 0 heterocycles. The molecular weight excluding hydrogens is 463 g/mol. The van der Waals surface area contributed by atoms with Gasteiger partial charge >= 0.3 is 17.1 Å². The summed E-state index contributed by atoms with van der Waals surface area (Å²) in [5.41, 5.74) is 2.55. The van der Waals surface area contributed by atoms with E-state index in [2.05, 4.69) is 31.0 Å². The van der Waals surface area contributed by atoms with Crippen molar-refractivity contribution in [2.24, 2.45) is 20.4 Å². The second-order valence-corrected chi connectivity index (χ2v) is 6.29. The molecule has 0 aliphatic carbocycles. The van der Waals surface area contributed by atoms with Crippen LogP contribution in [0.15, 0.2) is 75.0 Å². The number of amidine groups is 2. The number of nitrogens with one attached hydrogen (secondary N) is 2. The maximum Gasteiger partial charge on any atom is 2.00 e. The SMILES string of the molecule is CN/C([S-])=N/N=C(/C(=N/N=C(\[S-])NC)c1ccc(Cl)cc1)c1ccccc1.[Cu+2]. The van der Waals surface area contributed by atoms with Crippen molar-refractivity contribution < 1.29 is 17.1 Å². The molecule has 0 saturated heterocycles. The number of hydrogen-bond acceptors (Lipinski definition) is 6. The Morgan fingerprint density at radius 3 is 1.57 bits per heavy atom. The fraction of sp³-hybridized carbons (Fsp3) is 0.111. The zero-order valence-corrected chi connectivity index (χ0v) is 18.3. The van der Waals surface area contributed by atoms with E-state index in [1.807, 2.05) is 42.5 Å². The minimum absolute atomic E-state index is 0. The average molecular weight is 481 g/mol. The molecule has 0 amide bonds. The molecule has 0 spiro atoms. The van der Waals surface area contributed by atoms with E-state index in [4.69, 9.17) is 36.9 Å². The Hall–Kier alpha value is -2.03. The molecule has 0 saturated carbocycles. The van der Waals surface area contributed by atoms with E-state index in [0.29, 0.717) is 16.4 Å². The molecule has 0 fully saturated rings. The fourth-order valence-corrected chi connectivity index (χ4v) is 2.19. The molecule has 2 N–H and O–H groups in total. The predicted molar refractivity (Wildman–Crippen MR) is 119 cm³/mol. The first-order chi connectivity index (χ1) is 13.0. The van der Waals surface area contributed by atoms with Crippen LogP contribution in [-0.2, 0) is 42.3 Å². The van der Waals surface area contributed by atoms with Crippen molar-refractivity contribution in [1.82, 2.24) is 10.6 Å². The first-order valence-corrected chi connectivity index (χ1v) is 9.07. The summed E-state index contributed by atoms with van der Waals surface area (Å²) >= 11 is 16.2. The van der Waals surface area contributed by atoms with Crippen LogP contribution in [0, 0.1) is 0 Å². The molecule has 0 aromatic heterocycles. The Labute approximate surface area is 191 Å². The molecule has 0 aliphatic heterocycles. The van der Waals surface area contributed by atoms with Crippen LogP contribution in [-0.4, -0.2) is 35.9 Å². The Morgan fingerprint density at radius 1 is 0.714 bits per heavy atom. The normalized spacial score (nSPS) is 13.0. The smallest absolute Gasteiger partial charge is 0.741 e. The number of nitrogens with zero attached hydrogens (tertiary/aromatic N) is 4. The van der Waals surface area contributed by atoms with Crippen LogP contribution in [0.4, 0.5) is 0 Å². The van der Waals surface area contributed by atoms with Crippen molar-refractivity contribution >= 4 is 58.6 Å². The van der Waals surface area contributed by atoms with Gasteiger partial charge in [-0.15, -0.1) is 10.2 Å². The quantitative estimate of drug-likeness (QED) is 0.227. The third-order valence-electron chi connectivity index (χ3n) is 3.30. The van der Waals surface area contributed by atoms with Gasteiger partial charge in [-0.05, 0) is 22.5 Å². The molecule has 1 radical (unpaired) electrons. The van der Waals surface area contributed by atoms with Crippen LogP contribution >= 0.6 is 11.6 Å². The zero-order valence-electron chi connectivity index (χ0n) is 15.0. The predicted octanol–water partition coefficient (Wildman–Crippen LogP) is 2.69. The minimum atomic E-state index is 0. The van der Waals surface area contributed by atoms with Crippen molar-refractivity contribution in [3.05, 3.63) is 70.7 Å². The van der Waals surface area contributed by atoms with Gasteiger partial charge in [0.1, 0.15) is 11.4 Å². The van der Waals surface area contributed by atoms with Gasteiger partial charge in [-0.2, -0.15) is 10.2 Å². The van der Waals surface area contributed by atoms with Crippen LogP contribution < -0.4 is 10.6 Å². The van der Waals surface area contributed by atoms with Gasteiger partial charge in [-0.1, -0.05) is 54.1 Å². The number of benzene rings is 2. The molecule has 0 aliphatic rings. The molecule has 2 aromatic carbocycles. The topological polar surface area (TPSA) is 73.5 Å². The van der Waals surface area contributed by atoms with Crippen LogP contribution in [0.3, 0.4) is 0 Å². The van der Waals surface area contributed by atoms with Crippen LogP contribution in [0.25, 0.3) is 0 Å². The second kappa shape index (κ2) is 12.4. The Morgan fingerprint density at radius 2 is 1.14 bits per heavy atom. The molecule has 149 valence electrons. The maximum atomic E-state index is 6.02. The van der Waals surface area contributed by atoms with E-state index >= 15 is 0 Å². The van der Waals surface area contributed by atoms with Crippen LogP contribution in [0.1, 0.15) is 11.1 Å². The van der Waals surface area contributed by atoms with Crippen molar-refractivity contribution in [1.29, 1.82) is 0 Å². The van der Waals surface area contributed by atoms with Crippen molar-refractivity contribution in [2.45, 2.75) is 0 Å². The Bertz CT molecular complexity index is 883. The first kappa shape index (κ1) is 24.0. The summed E-state index contributed by atoms with van der Waals surface area (Å²) < 4.78 is 0. The first-order valence-electron chi connectivity index (χ1n) is 7.87. The third kappa shape index (κ3) is 7.18. The van der Waals surface area contributed by atoms with Gasteiger partial charge < -0.3 is 35.9 Å². The number of hydrogen-bond donors (Lipinski definition) is 2. The second-order valence-electron chi connectivity index (χ2n) is 5.08. The van der Waals surface area contributed by atoms with Crippen molar-refractivity contribution in [3.8, 4) is 0 Å². The van der Waals surface area contributed by atoms with E-state index in [1.165, 1.54) is 0 Å². The Kier molecular flexibility index (Phi) is 10.7. The molecule has 6 nitrogen and oxygen atoms in total. The van der Waals surface area contributed by atoms with Gasteiger partial charge in [0.05, 0.1) is 0 Å². The van der Waals surface area contributed by atoms with Crippen molar-refractivity contribution in [2.75, 3.05) is 14.1 Å². The standard InChI is InChI=1S/C18H19ClN6S2.Cu/c1-20-17(26)24-22-15(12-6-4-3-5-7-12)16(23-25-18(27)21-2)13-8-10-14(19)11-9-13;/h3-11H,1-2H3,(H2,20,24,26)(H2,21,25,27);/q;+2/p-2/b22-15+,23-16+;. The van der Waals surface area contributed by atoms with Gasteiger partial charge in [-0.3, -0.25) is 0 Å². The summed E-state index contributed by atoms with van der Waals surface area (Å²) in [5, 5.41) is 23.3. The van der Waals surface area contributed by atoms with E-state index in [0.717, 1.165) is 11.1 Å². The van der Waals surface area contributed by atoms with E-state index < -0.39 is 0 Å². The van der Waals surface area contributed by atoms with Crippen LogP contribution in [0.5, 0.6) is 0 Å². The van der Waals surface area contributed by atoms with Gasteiger partial charge in [0.2, 0.25) is 0 Å². The van der Waals surface area contributed by atoms with Gasteiger partial charge in [0.25, 0.3) is 0 Å². The van der Waals surface area contributed by atoms with Gasteiger partial charge in [0.15, 0.2) is 0 Å². The van der Waals surface area contributed by atoms with Crippen molar-refractivity contribution in [3.63, 3.8) is 0 Å². The monoisotopic (exact) mass is 479 g/mol. The molecule has 0 bridgehead atoms. The molecule has 0 atom stereocenters. The van der Waals surface area contributed by atoms with Gasteiger partial charge in [0, 0.05) is 30.2 Å². The Balaban J connectivity index is 0.00000392. The third-order valence-corrected chi connectivity index (χ3v) is 4.12. The minimum Gasteiger partial charge on any atom is -0.741 e. The molecular formula is C18H17ClCuN6S2. The summed E-state index contributed by atoms with van der Waals surface area (Å²) in [6, 6.07) is 16.7. The molecule has 10 heteroatoms. The van der Waals surface area contributed by atoms with Crippen LogP contribution in [0.2, 0.25) is 5.02 Å². The summed E-state index contributed by atoms with van der Waals surface area (Å²) in [5.74, 6) is 0. The molecule has 2 aromatic rings. The zero-order chi connectivity index (χ0) is 19.6. The maximum absolute atomic E-state index is 6.02. The molecule has 2 rings (SSSR count). The fourth-order valence-electron chi connectivity index (χ4n) is 1.98. The summed E-state index contributed by atoms with van der Waals surface area (Å²) in [6.45, 7) is 0. The number of rotatable bonds is 5. The van der Waals surface area contributed by atoms with E-state index in [1.54, 1.807) is 26.2 Å². The molecule has 0 unspecified atom stereocenters. The van der Waals surface area contributed by atoms with Gasteiger partial charge in [-0.25, -0.2) is 0 Å². The largest absolute Gasteiger partial charge is 2.00 e.